The maximum Gasteiger partial charge on any atom is 0.253 e. The van der Waals surface area contributed by atoms with E-state index in [-0.39, 0.29) is 17.9 Å². The molecule has 2 aromatic rings. The minimum Gasteiger partial charge on any atom is -0.393 e. The number of aromatic nitrogens is 1. The molecule has 0 bridgehead atoms. The van der Waals surface area contributed by atoms with Crippen molar-refractivity contribution >= 4 is 5.91 Å². The van der Waals surface area contributed by atoms with Crippen molar-refractivity contribution in [1.29, 1.82) is 0 Å². The lowest BCUT2D eigenvalue weighted by Crippen LogP contribution is -2.32. The van der Waals surface area contributed by atoms with Crippen LogP contribution in [0.4, 0.5) is 0 Å². The lowest BCUT2D eigenvalue weighted by molar-refractivity contribution is 0.0917. The number of hydrogen-bond donors (Lipinski definition) is 2. The van der Waals surface area contributed by atoms with E-state index < -0.39 is 0 Å². The number of amides is 1. The average molecular weight is 284 g/mol. The summed E-state index contributed by atoms with van der Waals surface area (Å²) in [5.41, 5.74) is 1.52. The zero-order valence-corrected chi connectivity index (χ0v) is 11.9. The van der Waals surface area contributed by atoms with Gasteiger partial charge in [-0.05, 0) is 37.1 Å². The normalized spacial score (nSPS) is 21.4. The fraction of sp³-hybridized carbons (Fsp3) is 0.353. The molecule has 1 aromatic carbocycles. The molecular formula is C17H20N2O2. The first-order valence-electron chi connectivity index (χ1n) is 7.44. The summed E-state index contributed by atoms with van der Waals surface area (Å²) in [7, 11) is 0. The van der Waals surface area contributed by atoms with Crippen LogP contribution < -0.4 is 5.32 Å². The zero-order chi connectivity index (χ0) is 14.7. The maximum absolute atomic E-state index is 12.4. The molecule has 1 aliphatic carbocycles. The third-order valence-corrected chi connectivity index (χ3v) is 4.18. The quantitative estimate of drug-likeness (QED) is 0.905. The molecule has 0 unspecified atom stereocenters. The lowest BCUT2D eigenvalue weighted by atomic mass is 10.1. The highest BCUT2D eigenvalue weighted by atomic mass is 16.3. The van der Waals surface area contributed by atoms with Gasteiger partial charge in [0.2, 0.25) is 0 Å². The summed E-state index contributed by atoms with van der Waals surface area (Å²) >= 11 is 0. The molecule has 1 aliphatic rings. The molecule has 1 fully saturated rings. The number of rotatable bonds is 4. The minimum atomic E-state index is -0.273. The first-order valence-corrected chi connectivity index (χ1v) is 7.44. The average Bonchev–Trinajstić information content (AvgIpc) is 3.16. The molecule has 4 nitrogen and oxygen atoms in total. The fourth-order valence-corrected chi connectivity index (χ4v) is 2.96. The Hall–Kier alpha value is -2.07. The fourth-order valence-electron chi connectivity index (χ4n) is 2.96. The number of carbonyl (C=O) groups is 1. The number of aliphatic hydroxyl groups excluding tert-OH is 1. The van der Waals surface area contributed by atoms with E-state index in [2.05, 4.69) is 5.32 Å². The van der Waals surface area contributed by atoms with Crippen LogP contribution in [0.15, 0.2) is 48.8 Å². The molecule has 3 rings (SSSR count). The van der Waals surface area contributed by atoms with Crippen LogP contribution in [0.1, 0.15) is 29.6 Å². The Labute approximate surface area is 124 Å². The summed E-state index contributed by atoms with van der Waals surface area (Å²) in [5.74, 6) is 0.103. The van der Waals surface area contributed by atoms with Gasteiger partial charge in [0.25, 0.3) is 5.91 Å². The first kappa shape index (κ1) is 13.9. The summed E-state index contributed by atoms with van der Waals surface area (Å²) in [6.07, 6.45) is 6.45. The summed E-state index contributed by atoms with van der Waals surface area (Å²) in [4.78, 5) is 12.4. The highest BCUT2D eigenvalue weighted by Crippen LogP contribution is 2.25. The van der Waals surface area contributed by atoms with Gasteiger partial charge in [-0.3, -0.25) is 4.79 Å². The standard InChI is InChI=1S/C17H20N2O2/c20-16-9-5-6-13(16)12-18-17(21)14-7-1-2-8-15(14)19-10-3-4-11-19/h1-4,7-8,10-11,13,16,20H,5-6,9,12H2,(H,18,21)/t13-,16+/m0/s1. The minimum absolute atomic E-state index is 0.0848. The van der Waals surface area contributed by atoms with Crippen LogP contribution in [0.2, 0.25) is 0 Å². The second-order valence-electron chi connectivity index (χ2n) is 5.58. The van der Waals surface area contributed by atoms with Gasteiger partial charge < -0.3 is 15.0 Å². The van der Waals surface area contributed by atoms with Gasteiger partial charge in [0.1, 0.15) is 0 Å². The van der Waals surface area contributed by atoms with E-state index in [0.717, 1.165) is 24.9 Å². The molecule has 110 valence electrons. The Morgan fingerprint density at radius 2 is 1.95 bits per heavy atom. The van der Waals surface area contributed by atoms with Gasteiger partial charge in [0.15, 0.2) is 0 Å². The van der Waals surface area contributed by atoms with Crippen LogP contribution in [0.5, 0.6) is 0 Å². The van der Waals surface area contributed by atoms with E-state index in [4.69, 9.17) is 0 Å². The predicted octanol–water partition coefficient (Wildman–Crippen LogP) is 2.37. The van der Waals surface area contributed by atoms with Crippen LogP contribution in [-0.4, -0.2) is 28.2 Å². The largest absolute Gasteiger partial charge is 0.393 e. The molecule has 1 aromatic heterocycles. The van der Waals surface area contributed by atoms with Gasteiger partial charge in [-0.2, -0.15) is 0 Å². The number of benzene rings is 1. The molecule has 1 saturated carbocycles. The number of carbonyl (C=O) groups excluding carboxylic acids is 1. The van der Waals surface area contributed by atoms with Crippen LogP contribution in [0.25, 0.3) is 5.69 Å². The van der Waals surface area contributed by atoms with Gasteiger partial charge in [0, 0.05) is 24.9 Å². The van der Waals surface area contributed by atoms with Crippen molar-refractivity contribution in [1.82, 2.24) is 9.88 Å². The molecule has 0 aliphatic heterocycles. The third kappa shape index (κ3) is 3.00. The van der Waals surface area contributed by atoms with Gasteiger partial charge in [0.05, 0.1) is 17.4 Å². The van der Waals surface area contributed by atoms with Gasteiger partial charge in [-0.25, -0.2) is 0 Å². The molecule has 0 radical (unpaired) electrons. The van der Waals surface area contributed by atoms with Crippen molar-refractivity contribution in [3.05, 3.63) is 54.4 Å². The second kappa shape index (κ2) is 6.14. The molecule has 0 spiro atoms. The number of nitrogens with zero attached hydrogens (tertiary/aromatic N) is 1. The van der Waals surface area contributed by atoms with Crippen molar-refractivity contribution in [2.45, 2.75) is 25.4 Å². The van der Waals surface area contributed by atoms with Crippen LogP contribution in [-0.2, 0) is 0 Å². The number of para-hydroxylation sites is 1. The van der Waals surface area contributed by atoms with E-state index in [1.54, 1.807) is 0 Å². The first-order chi connectivity index (χ1) is 10.3. The lowest BCUT2D eigenvalue weighted by Gasteiger charge is -2.16. The molecule has 1 amide bonds. The molecule has 0 saturated heterocycles. The predicted molar refractivity (Wildman–Crippen MR) is 81.5 cm³/mol. The van der Waals surface area contributed by atoms with Crippen LogP contribution >= 0.6 is 0 Å². The van der Waals surface area contributed by atoms with Crippen molar-refractivity contribution in [2.75, 3.05) is 6.54 Å². The number of hydrogen-bond acceptors (Lipinski definition) is 2. The van der Waals surface area contributed by atoms with Crippen LogP contribution in [0, 0.1) is 5.92 Å². The van der Waals surface area contributed by atoms with E-state index in [1.165, 1.54) is 0 Å². The monoisotopic (exact) mass is 284 g/mol. The zero-order valence-electron chi connectivity index (χ0n) is 11.9. The van der Waals surface area contributed by atoms with E-state index in [0.29, 0.717) is 12.1 Å². The SMILES string of the molecule is O=C(NC[C@@H]1CCC[C@H]1O)c1ccccc1-n1cccc1. The Kier molecular flexibility index (Phi) is 4.06. The van der Waals surface area contributed by atoms with Crippen molar-refractivity contribution in [2.24, 2.45) is 5.92 Å². The number of aliphatic hydroxyl groups is 1. The van der Waals surface area contributed by atoms with E-state index in [1.807, 2.05) is 53.4 Å². The topological polar surface area (TPSA) is 54.3 Å². The van der Waals surface area contributed by atoms with Gasteiger partial charge in [-0.15, -0.1) is 0 Å². The third-order valence-electron chi connectivity index (χ3n) is 4.18. The molecular weight excluding hydrogens is 264 g/mol. The molecule has 2 atom stereocenters. The molecule has 21 heavy (non-hydrogen) atoms. The highest BCUT2D eigenvalue weighted by molar-refractivity contribution is 5.97. The van der Waals surface area contributed by atoms with E-state index in [9.17, 15) is 9.90 Å². The summed E-state index contributed by atoms with van der Waals surface area (Å²) < 4.78 is 1.93. The Morgan fingerprint density at radius 3 is 2.67 bits per heavy atom. The second-order valence-corrected chi connectivity index (χ2v) is 5.58. The molecule has 1 heterocycles. The summed E-state index contributed by atoms with van der Waals surface area (Å²) in [6.45, 7) is 0.542. The Balaban J connectivity index is 1.73. The van der Waals surface area contributed by atoms with Crippen molar-refractivity contribution < 1.29 is 9.90 Å². The Morgan fingerprint density at radius 1 is 1.19 bits per heavy atom. The van der Waals surface area contributed by atoms with E-state index >= 15 is 0 Å². The maximum atomic E-state index is 12.4. The highest BCUT2D eigenvalue weighted by Gasteiger charge is 2.25. The number of nitrogens with one attached hydrogen (secondary N) is 1. The van der Waals surface area contributed by atoms with Gasteiger partial charge >= 0.3 is 0 Å². The van der Waals surface area contributed by atoms with Crippen LogP contribution in [0.3, 0.4) is 0 Å². The summed E-state index contributed by atoms with van der Waals surface area (Å²) in [6, 6.07) is 11.4. The molecule has 4 heteroatoms. The smallest absolute Gasteiger partial charge is 0.253 e. The summed E-state index contributed by atoms with van der Waals surface area (Å²) in [5, 5.41) is 12.8. The van der Waals surface area contributed by atoms with Gasteiger partial charge in [-0.1, -0.05) is 18.6 Å². The Bertz CT molecular complexity index is 607. The molecule has 2 N–H and O–H groups in total. The van der Waals surface area contributed by atoms with Crippen molar-refractivity contribution in [3.8, 4) is 5.69 Å². The van der Waals surface area contributed by atoms with Crippen molar-refractivity contribution in [3.63, 3.8) is 0 Å².